The van der Waals surface area contributed by atoms with E-state index in [0.29, 0.717) is 17.3 Å². The van der Waals surface area contributed by atoms with Crippen LogP contribution in [0.25, 0.3) is 11.5 Å². The molecule has 1 aromatic heterocycles. The molecule has 2 N–H and O–H groups in total. The Morgan fingerprint density at radius 3 is 2.61 bits per heavy atom. The second-order valence-electron chi connectivity index (χ2n) is 6.35. The molecule has 23 heavy (non-hydrogen) atoms. The van der Waals surface area contributed by atoms with Gasteiger partial charge in [-0.25, -0.2) is 4.98 Å². The molecule has 1 aromatic carbocycles. The summed E-state index contributed by atoms with van der Waals surface area (Å²) in [5, 5.41) is 12.9. The van der Waals surface area contributed by atoms with E-state index in [4.69, 9.17) is 4.42 Å². The molecule has 1 unspecified atom stereocenters. The molecule has 0 radical (unpaired) electrons. The number of carbonyl (C=O) groups excluding carboxylic acids is 1. The molecular weight excluding hydrogens is 292 g/mol. The number of nitrogens with one attached hydrogen (secondary N) is 1. The number of oxazole rings is 1. The Kier molecular flexibility index (Phi) is 5.21. The Hall–Kier alpha value is -2.14. The second-order valence-corrected chi connectivity index (χ2v) is 6.35. The summed E-state index contributed by atoms with van der Waals surface area (Å²) in [6, 6.07) is 9.57. The number of carbonyl (C=O) groups is 1. The van der Waals surface area contributed by atoms with Crippen LogP contribution in [0.2, 0.25) is 0 Å². The van der Waals surface area contributed by atoms with Gasteiger partial charge in [0.15, 0.2) is 0 Å². The number of hydrogen-bond donors (Lipinski definition) is 2. The van der Waals surface area contributed by atoms with E-state index < -0.39 is 5.60 Å². The normalized spacial score (nSPS) is 13.8. The van der Waals surface area contributed by atoms with Crippen molar-refractivity contribution < 1.29 is 14.3 Å². The maximum absolute atomic E-state index is 12.1. The van der Waals surface area contributed by atoms with Gasteiger partial charge in [-0.1, -0.05) is 32.0 Å². The van der Waals surface area contributed by atoms with Crippen LogP contribution in [0.5, 0.6) is 0 Å². The largest absolute Gasteiger partial charge is 0.441 e. The summed E-state index contributed by atoms with van der Waals surface area (Å²) in [6.45, 7) is 7.56. The first-order valence-corrected chi connectivity index (χ1v) is 7.80. The molecule has 5 nitrogen and oxygen atoms in total. The van der Waals surface area contributed by atoms with Crippen molar-refractivity contribution in [3.8, 4) is 11.5 Å². The maximum atomic E-state index is 12.1. The van der Waals surface area contributed by atoms with Crippen molar-refractivity contribution in [2.45, 2.75) is 39.7 Å². The molecule has 0 bridgehead atoms. The maximum Gasteiger partial charge on any atom is 0.226 e. The van der Waals surface area contributed by atoms with Crippen LogP contribution in [-0.2, 0) is 11.2 Å². The highest BCUT2D eigenvalue weighted by Gasteiger charge is 2.25. The zero-order valence-electron chi connectivity index (χ0n) is 14.1. The van der Waals surface area contributed by atoms with Crippen LogP contribution >= 0.6 is 0 Å². The lowest BCUT2D eigenvalue weighted by Crippen LogP contribution is -2.44. The average molecular weight is 316 g/mol. The second kappa shape index (κ2) is 6.96. The molecule has 1 heterocycles. The third-order valence-electron chi connectivity index (χ3n) is 4.13. The monoisotopic (exact) mass is 316 g/mol. The van der Waals surface area contributed by atoms with Gasteiger partial charge >= 0.3 is 0 Å². The number of amides is 1. The SMILES string of the molecule is Cc1oc(-c2ccccc2)nc1CC(=O)NCC(C)(O)C(C)C. The highest BCUT2D eigenvalue weighted by atomic mass is 16.4. The fraction of sp³-hybridized carbons (Fsp3) is 0.444. The van der Waals surface area contributed by atoms with Crippen molar-refractivity contribution in [2.24, 2.45) is 5.92 Å². The number of aromatic nitrogens is 1. The van der Waals surface area contributed by atoms with Gasteiger partial charge < -0.3 is 14.8 Å². The lowest BCUT2D eigenvalue weighted by molar-refractivity contribution is -0.122. The van der Waals surface area contributed by atoms with Gasteiger partial charge in [-0.2, -0.15) is 0 Å². The lowest BCUT2D eigenvalue weighted by Gasteiger charge is -2.27. The fourth-order valence-electron chi connectivity index (χ4n) is 1.99. The molecule has 0 saturated carbocycles. The zero-order chi connectivity index (χ0) is 17.0. The number of benzene rings is 1. The van der Waals surface area contributed by atoms with Crippen molar-refractivity contribution in [3.63, 3.8) is 0 Å². The summed E-state index contributed by atoms with van der Waals surface area (Å²) >= 11 is 0. The first-order valence-electron chi connectivity index (χ1n) is 7.80. The molecule has 0 aliphatic carbocycles. The third-order valence-corrected chi connectivity index (χ3v) is 4.13. The fourth-order valence-corrected chi connectivity index (χ4v) is 1.99. The minimum absolute atomic E-state index is 0.0567. The van der Waals surface area contributed by atoms with E-state index in [2.05, 4.69) is 10.3 Å². The van der Waals surface area contributed by atoms with Crippen LogP contribution in [0.15, 0.2) is 34.7 Å². The van der Waals surface area contributed by atoms with Crippen LogP contribution in [0, 0.1) is 12.8 Å². The van der Waals surface area contributed by atoms with E-state index in [-0.39, 0.29) is 24.8 Å². The number of rotatable bonds is 6. The third kappa shape index (κ3) is 4.42. The zero-order valence-corrected chi connectivity index (χ0v) is 14.1. The molecular formula is C18H24N2O3. The van der Waals surface area contributed by atoms with E-state index in [9.17, 15) is 9.90 Å². The van der Waals surface area contributed by atoms with Crippen LogP contribution in [-0.4, -0.2) is 28.1 Å². The van der Waals surface area contributed by atoms with Crippen molar-refractivity contribution in [2.75, 3.05) is 6.54 Å². The first-order chi connectivity index (χ1) is 10.8. The van der Waals surface area contributed by atoms with E-state index in [1.54, 1.807) is 13.8 Å². The molecule has 0 fully saturated rings. The van der Waals surface area contributed by atoms with Crippen LogP contribution < -0.4 is 5.32 Å². The summed E-state index contributed by atoms with van der Waals surface area (Å²) < 4.78 is 5.64. The highest BCUT2D eigenvalue weighted by Crippen LogP contribution is 2.21. The van der Waals surface area contributed by atoms with Crippen LogP contribution in [0.1, 0.15) is 32.2 Å². The van der Waals surface area contributed by atoms with Gasteiger partial charge in [-0.05, 0) is 31.9 Å². The molecule has 1 atom stereocenters. The van der Waals surface area contributed by atoms with Gasteiger partial charge in [-0.15, -0.1) is 0 Å². The first kappa shape index (κ1) is 17.2. The molecule has 0 saturated heterocycles. The van der Waals surface area contributed by atoms with Crippen molar-refractivity contribution in [3.05, 3.63) is 41.8 Å². The quantitative estimate of drug-likeness (QED) is 0.859. The predicted octanol–water partition coefficient (Wildman–Crippen LogP) is 2.72. The number of aryl methyl sites for hydroxylation is 1. The van der Waals surface area contributed by atoms with Crippen LogP contribution in [0.3, 0.4) is 0 Å². The lowest BCUT2D eigenvalue weighted by atomic mass is 9.92. The summed E-state index contributed by atoms with van der Waals surface area (Å²) in [4.78, 5) is 16.5. The minimum atomic E-state index is -0.927. The minimum Gasteiger partial charge on any atom is -0.441 e. The number of aliphatic hydroxyl groups is 1. The average Bonchev–Trinajstić information content (AvgIpc) is 2.87. The van der Waals surface area contributed by atoms with E-state index in [1.165, 1.54) is 0 Å². The van der Waals surface area contributed by atoms with Gasteiger partial charge in [0.25, 0.3) is 0 Å². The molecule has 124 valence electrons. The Bertz CT molecular complexity index is 660. The van der Waals surface area contributed by atoms with Gasteiger partial charge in [-0.3, -0.25) is 4.79 Å². The summed E-state index contributed by atoms with van der Waals surface area (Å²) in [7, 11) is 0. The standard InChI is InChI=1S/C18H24N2O3/c1-12(2)18(4,22)11-19-16(21)10-15-13(3)23-17(20-15)14-8-6-5-7-9-14/h5-9,12,22H,10-11H2,1-4H3,(H,19,21). The summed E-state index contributed by atoms with van der Waals surface area (Å²) in [5.74, 6) is 1.03. The Labute approximate surface area is 136 Å². The predicted molar refractivity (Wildman–Crippen MR) is 88.9 cm³/mol. The molecule has 0 aliphatic heterocycles. The smallest absolute Gasteiger partial charge is 0.226 e. The summed E-state index contributed by atoms with van der Waals surface area (Å²) in [5.41, 5.74) is 0.569. The van der Waals surface area contributed by atoms with Gasteiger partial charge in [0.2, 0.25) is 11.8 Å². The molecule has 0 aliphatic rings. The molecule has 2 rings (SSSR count). The van der Waals surface area contributed by atoms with E-state index >= 15 is 0 Å². The molecule has 1 amide bonds. The van der Waals surface area contributed by atoms with Crippen LogP contribution in [0.4, 0.5) is 0 Å². The van der Waals surface area contributed by atoms with Crippen molar-refractivity contribution in [1.82, 2.24) is 10.3 Å². The summed E-state index contributed by atoms with van der Waals surface area (Å²) in [6.07, 6.45) is 0.135. The topological polar surface area (TPSA) is 75.4 Å². The Balaban J connectivity index is 2.01. The number of hydrogen-bond acceptors (Lipinski definition) is 4. The Morgan fingerprint density at radius 2 is 2.00 bits per heavy atom. The Morgan fingerprint density at radius 1 is 1.35 bits per heavy atom. The van der Waals surface area contributed by atoms with Crippen molar-refractivity contribution >= 4 is 5.91 Å². The van der Waals surface area contributed by atoms with E-state index in [0.717, 1.165) is 5.56 Å². The van der Waals surface area contributed by atoms with Gasteiger partial charge in [0.1, 0.15) is 5.76 Å². The van der Waals surface area contributed by atoms with Crippen molar-refractivity contribution in [1.29, 1.82) is 0 Å². The molecule has 2 aromatic rings. The molecule has 5 heteroatoms. The highest BCUT2D eigenvalue weighted by molar-refractivity contribution is 5.78. The van der Waals surface area contributed by atoms with Gasteiger partial charge in [0, 0.05) is 12.1 Å². The van der Waals surface area contributed by atoms with E-state index in [1.807, 2.05) is 44.2 Å². The number of nitrogens with zero attached hydrogens (tertiary/aromatic N) is 1. The van der Waals surface area contributed by atoms with Gasteiger partial charge in [0.05, 0.1) is 17.7 Å². The molecule has 0 spiro atoms.